The van der Waals surface area contributed by atoms with Gasteiger partial charge in [-0.25, -0.2) is 5.90 Å². The number of hydrogen-bond donors (Lipinski definition) is 2. The Hall–Kier alpha value is -0.910. The molecule has 0 aromatic heterocycles. The number of carbonyl (C=O) groups is 1. The molecule has 0 fully saturated rings. The summed E-state index contributed by atoms with van der Waals surface area (Å²) >= 11 is 0. The van der Waals surface area contributed by atoms with Crippen LogP contribution in [0.1, 0.15) is 0 Å². The van der Waals surface area contributed by atoms with Gasteiger partial charge in [0.05, 0.1) is 0 Å². The van der Waals surface area contributed by atoms with Crippen molar-refractivity contribution in [1.82, 2.24) is 10.4 Å². The van der Waals surface area contributed by atoms with Crippen molar-refractivity contribution in [2.24, 2.45) is 5.90 Å². The highest BCUT2D eigenvalue weighted by Crippen LogP contribution is 1.96. The zero-order chi connectivity index (χ0) is 7.56. The van der Waals surface area contributed by atoms with Crippen molar-refractivity contribution in [3.05, 3.63) is 12.2 Å². The molecule has 1 aliphatic heterocycles. The third kappa shape index (κ3) is 1.32. The number of likely N-dealkylation sites (N-methyl/N-ethyl adjacent to an activating group) is 1. The molecule has 0 aliphatic carbocycles. The van der Waals surface area contributed by atoms with Crippen LogP contribution in [0.15, 0.2) is 12.2 Å². The van der Waals surface area contributed by atoms with E-state index < -0.39 is 6.23 Å². The number of nitrogens with two attached hydrogens (primary N) is 1. The summed E-state index contributed by atoms with van der Waals surface area (Å²) in [5.41, 5.74) is 2.67. The minimum absolute atomic E-state index is 0.117. The van der Waals surface area contributed by atoms with Crippen LogP contribution in [0, 0.1) is 0 Å². The van der Waals surface area contributed by atoms with Crippen LogP contribution < -0.4 is 11.3 Å². The van der Waals surface area contributed by atoms with Crippen molar-refractivity contribution >= 4 is 5.91 Å². The number of hydrazine groups is 1. The van der Waals surface area contributed by atoms with Crippen LogP contribution in [-0.4, -0.2) is 24.2 Å². The minimum atomic E-state index is -0.400. The van der Waals surface area contributed by atoms with Gasteiger partial charge in [-0.1, -0.05) is 0 Å². The highest BCUT2D eigenvalue weighted by molar-refractivity contribution is 5.87. The lowest BCUT2D eigenvalue weighted by Crippen LogP contribution is -2.49. The second-order valence-corrected chi connectivity index (χ2v) is 1.94. The molecule has 5 heteroatoms. The maximum absolute atomic E-state index is 10.7. The van der Waals surface area contributed by atoms with Crippen LogP contribution >= 0.6 is 0 Å². The van der Waals surface area contributed by atoms with E-state index in [1.54, 1.807) is 13.1 Å². The van der Waals surface area contributed by atoms with Gasteiger partial charge in [0.2, 0.25) is 0 Å². The summed E-state index contributed by atoms with van der Waals surface area (Å²) in [5, 5.41) is 1.30. The molecule has 1 atom stereocenters. The van der Waals surface area contributed by atoms with Crippen LogP contribution in [0.5, 0.6) is 0 Å². The first-order chi connectivity index (χ1) is 4.74. The number of hydrogen-bond acceptors (Lipinski definition) is 4. The molecule has 3 N–H and O–H groups in total. The predicted molar refractivity (Wildman–Crippen MR) is 34.1 cm³/mol. The summed E-state index contributed by atoms with van der Waals surface area (Å²) in [7, 11) is 1.60. The summed E-state index contributed by atoms with van der Waals surface area (Å²) in [6, 6.07) is 0. The highest BCUT2D eigenvalue weighted by atomic mass is 16.6. The summed E-state index contributed by atoms with van der Waals surface area (Å²) in [6.45, 7) is 0. The van der Waals surface area contributed by atoms with Crippen molar-refractivity contribution in [2.75, 3.05) is 7.05 Å². The van der Waals surface area contributed by atoms with Crippen LogP contribution in [0.4, 0.5) is 0 Å². The van der Waals surface area contributed by atoms with Crippen LogP contribution in [0.25, 0.3) is 0 Å². The maximum Gasteiger partial charge on any atom is 0.260 e. The smallest absolute Gasteiger partial charge is 0.260 e. The Morgan fingerprint density at radius 2 is 2.60 bits per heavy atom. The van der Waals surface area contributed by atoms with Crippen molar-refractivity contribution < 1.29 is 9.63 Å². The fourth-order valence-electron chi connectivity index (χ4n) is 0.655. The van der Waals surface area contributed by atoms with Crippen LogP contribution in [0.2, 0.25) is 0 Å². The molecule has 1 unspecified atom stereocenters. The quantitative estimate of drug-likeness (QED) is 0.449. The molecular formula is C5H9N3O2. The van der Waals surface area contributed by atoms with E-state index in [0.29, 0.717) is 0 Å². The normalized spacial score (nSPS) is 25.6. The molecule has 0 saturated carbocycles. The lowest BCUT2D eigenvalue weighted by molar-refractivity contribution is -0.132. The zero-order valence-electron chi connectivity index (χ0n) is 5.57. The van der Waals surface area contributed by atoms with E-state index >= 15 is 0 Å². The van der Waals surface area contributed by atoms with E-state index in [-0.39, 0.29) is 5.91 Å². The standard InChI is InChI=1S/C5H9N3O2/c1-8-5(9)3-2-4(7-8)10-6/h2-4,7H,6H2,1H3. The van der Waals surface area contributed by atoms with E-state index in [2.05, 4.69) is 10.3 Å². The van der Waals surface area contributed by atoms with Crippen molar-refractivity contribution in [1.29, 1.82) is 0 Å². The Morgan fingerprint density at radius 3 is 3.10 bits per heavy atom. The second-order valence-electron chi connectivity index (χ2n) is 1.94. The Labute approximate surface area is 58.4 Å². The number of nitrogens with zero attached hydrogens (tertiary/aromatic N) is 1. The summed E-state index contributed by atoms with van der Waals surface area (Å²) < 4.78 is 0. The number of nitrogens with one attached hydrogen (secondary N) is 1. The molecule has 1 heterocycles. The van der Waals surface area contributed by atoms with Crippen LogP contribution in [0.3, 0.4) is 0 Å². The Morgan fingerprint density at radius 1 is 1.90 bits per heavy atom. The third-order valence-corrected chi connectivity index (χ3v) is 1.21. The summed E-state index contributed by atoms with van der Waals surface area (Å²) in [5.74, 6) is 4.74. The molecule has 10 heavy (non-hydrogen) atoms. The first-order valence-electron chi connectivity index (χ1n) is 2.81. The van der Waals surface area contributed by atoms with E-state index in [1.807, 2.05) is 0 Å². The number of amides is 1. The first-order valence-corrected chi connectivity index (χ1v) is 2.81. The monoisotopic (exact) mass is 143 g/mol. The van der Waals surface area contributed by atoms with Gasteiger partial charge in [0, 0.05) is 13.1 Å². The Balaban J connectivity index is 2.59. The molecule has 0 bridgehead atoms. The van der Waals surface area contributed by atoms with Gasteiger partial charge >= 0.3 is 0 Å². The first kappa shape index (κ1) is 7.20. The molecule has 1 amide bonds. The van der Waals surface area contributed by atoms with Crippen molar-refractivity contribution in [2.45, 2.75) is 6.23 Å². The molecule has 5 nitrogen and oxygen atoms in total. The molecule has 0 radical (unpaired) electrons. The van der Waals surface area contributed by atoms with Gasteiger partial charge in [-0.05, 0) is 6.08 Å². The van der Waals surface area contributed by atoms with Gasteiger partial charge in [-0.15, -0.1) is 0 Å². The molecule has 0 aromatic carbocycles. The molecular weight excluding hydrogens is 134 g/mol. The Kier molecular flexibility index (Phi) is 2.00. The van der Waals surface area contributed by atoms with E-state index in [9.17, 15) is 4.79 Å². The van der Waals surface area contributed by atoms with E-state index in [4.69, 9.17) is 5.90 Å². The molecule has 1 rings (SSSR count). The van der Waals surface area contributed by atoms with Gasteiger partial charge in [-0.2, -0.15) is 5.43 Å². The minimum Gasteiger partial charge on any atom is -0.280 e. The summed E-state index contributed by atoms with van der Waals surface area (Å²) in [6.07, 6.45) is 2.54. The molecule has 0 aromatic rings. The average molecular weight is 143 g/mol. The zero-order valence-corrected chi connectivity index (χ0v) is 5.57. The maximum atomic E-state index is 10.7. The Bertz CT molecular complexity index is 168. The van der Waals surface area contributed by atoms with Crippen molar-refractivity contribution in [3.8, 4) is 0 Å². The fourth-order valence-corrected chi connectivity index (χ4v) is 0.655. The fraction of sp³-hybridized carbons (Fsp3) is 0.400. The summed E-state index contributed by atoms with van der Waals surface area (Å²) in [4.78, 5) is 15.2. The lowest BCUT2D eigenvalue weighted by atomic mass is 10.4. The van der Waals surface area contributed by atoms with E-state index in [0.717, 1.165) is 0 Å². The second kappa shape index (κ2) is 2.78. The van der Waals surface area contributed by atoms with Gasteiger partial charge in [-0.3, -0.25) is 14.6 Å². The number of carbonyl (C=O) groups excluding carboxylic acids is 1. The highest BCUT2D eigenvalue weighted by Gasteiger charge is 2.15. The predicted octanol–water partition coefficient (Wildman–Crippen LogP) is -1.26. The van der Waals surface area contributed by atoms with E-state index in [1.165, 1.54) is 11.1 Å². The van der Waals surface area contributed by atoms with Gasteiger partial charge < -0.3 is 0 Å². The molecule has 0 spiro atoms. The molecule has 1 aliphatic rings. The van der Waals surface area contributed by atoms with Gasteiger partial charge in [0.1, 0.15) is 0 Å². The molecule has 56 valence electrons. The van der Waals surface area contributed by atoms with Crippen molar-refractivity contribution in [3.63, 3.8) is 0 Å². The molecule has 0 saturated heterocycles. The van der Waals surface area contributed by atoms with Crippen LogP contribution in [-0.2, 0) is 9.63 Å². The SMILES string of the molecule is CN1NC(ON)C=CC1=O. The lowest BCUT2D eigenvalue weighted by Gasteiger charge is -2.24. The third-order valence-electron chi connectivity index (χ3n) is 1.21. The topological polar surface area (TPSA) is 67.6 Å². The van der Waals surface area contributed by atoms with Gasteiger partial charge in [0.25, 0.3) is 5.91 Å². The van der Waals surface area contributed by atoms with Gasteiger partial charge in [0.15, 0.2) is 6.23 Å². The number of rotatable bonds is 1. The largest absolute Gasteiger partial charge is 0.280 e. The average Bonchev–Trinajstić information content (AvgIpc) is 1.95.